The van der Waals surface area contributed by atoms with Crippen molar-refractivity contribution in [3.8, 4) is 11.5 Å². The molecule has 0 saturated heterocycles. The lowest BCUT2D eigenvalue weighted by Crippen LogP contribution is -2.33. The quantitative estimate of drug-likeness (QED) is 0.731. The molecule has 0 bridgehead atoms. The van der Waals surface area contributed by atoms with Crippen LogP contribution in [0.3, 0.4) is 0 Å². The Balaban J connectivity index is 2.06. The standard InChI is InChI=1S/C13H17NO3/c1-3-14(8-15)10(2)6-11-4-5-12-13(7-11)17-9-16-12/h4-5,7-8,10H,3,6,9H2,1-2H3. The van der Waals surface area contributed by atoms with Gasteiger partial charge >= 0.3 is 0 Å². The molecule has 0 radical (unpaired) electrons. The Morgan fingerprint density at radius 3 is 2.88 bits per heavy atom. The van der Waals surface area contributed by atoms with Gasteiger partial charge in [-0.3, -0.25) is 4.79 Å². The van der Waals surface area contributed by atoms with Gasteiger partial charge < -0.3 is 14.4 Å². The molecule has 1 heterocycles. The van der Waals surface area contributed by atoms with Gasteiger partial charge in [-0.15, -0.1) is 0 Å². The van der Waals surface area contributed by atoms with Crippen molar-refractivity contribution >= 4 is 6.41 Å². The number of hydrogen-bond acceptors (Lipinski definition) is 3. The number of nitrogens with zero attached hydrogens (tertiary/aromatic N) is 1. The third kappa shape index (κ3) is 2.52. The average Bonchev–Trinajstić information content (AvgIpc) is 2.77. The number of fused-ring (bicyclic) bond motifs is 1. The van der Waals surface area contributed by atoms with Gasteiger partial charge in [0.05, 0.1) is 0 Å². The fourth-order valence-corrected chi connectivity index (χ4v) is 2.02. The number of ether oxygens (including phenoxy) is 2. The Morgan fingerprint density at radius 1 is 1.41 bits per heavy atom. The molecule has 1 aromatic carbocycles. The van der Waals surface area contributed by atoms with E-state index in [9.17, 15) is 4.79 Å². The van der Waals surface area contributed by atoms with Gasteiger partial charge in [0.25, 0.3) is 0 Å². The van der Waals surface area contributed by atoms with E-state index in [1.54, 1.807) is 4.90 Å². The van der Waals surface area contributed by atoms with E-state index < -0.39 is 0 Å². The summed E-state index contributed by atoms with van der Waals surface area (Å²) in [5, 5.41) is 0. The molecule has 2 rings (SSSR count). The molecule has 1 aliphatic rings. The molecular formula is C13H17NO3. The summed E-state index contributed by atoms with van der Waals surface area (Å²) in [5.74, 6) is 1.59. The van der Waals surface area contributed by atoms with Gasteiger partial charge in [0.1, 0.15) is 0 Å². The Hall–Kier alpha value is -1.71. The summed E-state index contributed by atoms with van der Waals surface area (Å²) in [7, 11) is 0. The molecule has 92 valence electrons. The molecule has 0 fully saturated rings. The topological polar surface area (TPSA) is 38.8 Å². The maximum atomic E-state index is 10.8. The van der Waals surface area contributed by atoms with Crippen molar-refractivity contribution in [2.45, 2.75) is 26.3 Å². The highest BCUT2D eigenvalue weighted by molar-refractivity contribution is 5.48. The van der Waals surface area contributed by atoms with Gasteiger partial charge in [-0.25, -0.2) is 0 Å². The first kappa shape index (κ1) is 11.8. The minimum absolute atomic E-state index is 0.192. The Morgan fingerprint density at radius 2 is 2.18 bits per heavy atom. The second-order valence-electron chi connectivity index (χ2n) is 4.18. The average molecular weight is 235 g/mol. The van der Waals surface area contributed by atoms with Gasteiger partial charge in [0.2, 0.25) is 13.2 Å². The van der Waals surface area contributed by atoms with Crippen LogP contribution < -0.4 is 9.47 Å². The number of benzene rings is 1. The molecule has 0 aliphatic carbocycles. The van der Waals surface area contributed by atoms with Crippen molar-refractivity contribution in [1.29, 1.82) is 0 Å². The molecule has 1 atom stereocenters. The fourth-order valence-electron chi connectivity index (χ4n) is 2.02. The van der Waals surface area contributed by atoms with Crippen LogP contribution in [-0.4, -0.2) is 30.7 Å². The van der Waals surface area contributed by atoms with Crippen molar-refractivity contribution in [1.82, 2.24) is 4.90 Å². The van der Waals surface area contributed by atoms with Crippen LogP contribution in [0.25, 0.3) is 0 Å². The molecule has 0 N–H and O–H groups in total. The van der Waals surface area contributed by atoms with Crippen LogP contribution in [0.4, 0.5) is 0 Å². The van der Waals surface area contributed by atoms with Crippen LogP contribution in [0.1, 0.15) is 19.4 Å². The van der Waals surface area contributed by atoms with E-state index in [-0.39, 0.29) is 6.04 Å². The molecule has 17 heavy (non-hydrogen) atoms. The second kappa shape index (κ2) is 5.08. The number of rotatable bonds is 5. The molecule has 4 heteroatoms. The van der Waals surface area contributed by atoms with E-state index in [0.717, 1.165) is 36.4 Å². The lowest BCUT2D eigenvalue weighted by Gasteiger charge is -2.23. The molecule has 1 amide bonds. The second-order valence-corrected chi connectivity index (χ2v) is 4.18. The van der Waals surface area contributed by atoms with Crippen molar-refractivity contribution in [2.75, 3.05) is 13.3 Å². The number of carbonyl (C=O) groups is 1. The Kier molecular flexibility index (Phi) is 3.52. The molecule has 1 unspecified atom stereocenters. The minimum atomic E-state index is 0.192. The first-order valence-corrected chi connectivity index (χ1v) is 5.84. The number of likely N-dealkylation sites (N-methyl/N-ethyl adjacent to an activating group) is 1. The van der Waals surface area contributed by atoms with Crippen LogP contribution in [0.15, 0.2) is 18.2 Å². The number of amides is 1. The summed E-state index contributed by atoms with van der Waals surface area (Å²) in [6, 6.07) is 6.11. The molecule has 4 nitrogen and oxygen atoms in total. The van der Waals surface area contributed by atoms with E-state index in [1.807, 2.05) is 32.0 Å². The molecular weight excluding hydrogens is 218 g/mol. The summed E-state index contributed by atoms with van der Waals surface area (Å²) in [6.07, 6.45) is 1.72. The predicted molar refractivity (Wildman–Crippen MR) is 64.2 cm³/mol. The first-order valence-electron chi connectivity index (χ1n) is 5.84. The fraction of sp³-hybridized carbons (Fsp3) is 0.462. The van der Waals surface area contributed by atoms with Gasteiger partial charge in [0.15, 0.2) is 11.5 Å². The number of hydrogen-bond donors (Lipinski definition) is 0. The molecule has 0 aromatic heterocycles. The zero-order valence-electron chi connectivity index (χ0n) is 10.2. The van der Waals surface area contributed by atoms with Gasteiger partial charge in [-0.2, -0.15) is 0 Å². The normalized spacial score (nSPS) is 14.5. The minimum Gasteiger partial charge on any atom is -0.454 e. The van der Waals surface area contributed by atoms with Crippen molar-refractivity contribution in [2.24, 2.45) is 0 Å². The highest BCUT2D eigenvalue weighted by atomic mass is 16.7. The zero-order chi connectivity index (χ0) is 12.3. The van der Waals surface area contributed by atoms with Crippen LogP contribution in [0.5, 0.6) is 11.5 Å². The predicted octanol–water partition coefficient (Wildman–Crippen LogP) is 1.82. The zero-order valence-corrected chi connectivity index (χ0v) is 10.2. The largest absolute Gasteiger partial charge is 0.454 e. The summed E-state index contributed by atoms with van der Waals surface area (Å²) in [6.45, 7) is 5.05. The van der Waals surface area contributed by atoms with Crippen LogP contribution in [0, 0.1) is 0 Å². The Bertz CT molecular complexity index is 406. The third-order valence-corrected chi connectivity index (χ3v) is 3.03. The molecule has 1 aliphatic heterocycles. The summed E-state index contributed by atoms with van der Waals surface area (Å²) < 4.78 is 10.6. The van der Waals surface area contributed by atoms with E-state index in [0.29, 0.717) is 6.79 Å². The van der Waals surface area contributed by atoms with Crippen molar-refractivity contribution in [3.63, 3.8) is 0 Å². The molecule has 1 aromatic rings. The van der Waals surface area contributed by atoms with Crippen LogP contribution in [0.2, 0.25) is 0 Å². The highest BCUT2D eigenvalue weighted by Crippen LogP contribution is 2.32. The summed E-state index contributed by atoms with van der Waals surface area (Å²) in [4.78, 5) is 12.6. The monoisotopic (exact) mass is 235 g/mol. The van der Waals surface area contributed by atoms with E-state index >= 15 is 0 Å². The van der Waals surface area contributed by atoms with Crippen LogP contribution >= 0.6 is 0 Å². The van der Waals surface area contributed by atoms with Crippen LogP contribution in [-0.2, 0) is 11.2 Å². The maximum Gasteiger partial charge on any atom is 0.231 e. The number of carbonyl (C=O) groups excluding carboxylic acids is 1. The lowest BCUT2D eigenvalue weighted by molar-refractivity contribution is -0.119. The van der Waals surface area contributed by atoms with Crippen molar-refractivity contribution in [3.05, 3.63) is 23.8 Å². The van der Waals surface area contributed by atoms with E-state index in [4.69, 9.17) is 9.47 Å². The van der Waals surface area contributed by atoms with E-state index in [1.165, 1.54) is 0 Å². The molecule has 0 saturated carbocycles. The smallest absolute Gasteiger partial charge is 0.231 e. The summed E-state index contributed by atoms with van der Waals surface area (Å²) >= 11 is 0. The van der Waals surface area contributed by atoms with Gasteiger partial charge in [-0.05, 0) is 38.0 Å². The van der Waals surface area contributed by atoms with Gasteiger partial charge in [0, 0.05) is 12.6 Å². The SMILES string of the molecule is CCN(C=O)C(C)Cc1ccc2c(c1)OCO2. The maximum absolute atomic E-state index is 10.8. The van der Waals surface area contributed by atoms with Gasteiger partial charge in [-0.1, -0.05) is 6.07 Å². The van der Waals surface area contributed by atoms with Crippen molar-refractivity contribution < 1.29 is 14.3 Å². The highest BCUT2D eigenvalue weighted by Gasteiger charge is 2.15. The lowest BCUT2D eigenvalue weighted by atomic mass is 10.1. The summed E-state index contributed by atoms with van der Waals surface area (Å²) in [5.41, 5.74) is 1.15. The third-order valence-electron chi connectivity index (χ3n) is 3.03. The Labute approximate surface area is 101 Å². The first-order chi connectivity index (χ1) is 8.24. The molecule has 0 spiro atoms. The van der Waals surface area contributed by atoms with E-state index in [2.05, 4.69) is 0 Å².